The van der Waals surface area contributed by atoms with Gasteiger partial charge in [-0.2, -0.15) is 13.2 Å². The number of carboxylic acids is 1. The molecule has 3 aliphatic rings. The van der Waals surface area contributed by atoms with Gasteiger partial charge in [-0.25, -0.2) is 27.9 Å². The summed E-state index contributed by atoms with van der Waals surface area (Å²) in [5.74, 6) is -3.85. The number of aromatic carboxylic acids is 1. The smallest absolute Gasteiger partial charge is 0.416 e. The molecular formula is C42H44F6N4O2. The van der Waals surface area contributed by atoms with E-state index < -0.39 is 29.8 Å². The quantitative estimate of drug-likeness (QED) is 0.190. The molecule has 1 N–H and O–H groups in total. The van der Waals surface area contributed by atoms with Crippen molar-refractivity contribution in [3.63, 3.8) is 0 Å². The number of halogens is 6. The number of piperidine rings is 1. The van der Waals surface area contributed by atoms with E-state index in [9.17, 15) is 31.9 Å². The Morgan fingerprint density at radius 2 is 1.56 bits per heavy atom. The summed E-state index contributed by atoms with van der Waals surface area (Å²) >= 11 is 0. The number of fused-ring (bicyclic) bond motifs is 1. The molecule has 1 saturated heterocycles. The molecule has 2 fully saturated rings. The molecule has 54 heavy (non-hydrogen) atoms. The van der Waals surface area contributed by atoms with Gasteiger partial charge in [-0.1, -0.05) is 45.0 Å². The van der Waals surface area contributed by atoms with Gasteiger partial charge in [-0.05, 0) is 102 Å². The van der Waals surface area contributed by atoms with E-state index >= 15 is 4.39 Å². The Morgan fingerprint density at radius 3 is 2.17 bits per heavy atom. The number of rotatable bonds is 7. The normalized spacial score (nSPS) is 21.1. The molecule has 4 aromatic rings. The number of hydrogen-bond acceptors (Lipinski definition) is 5. The summed E-state index contributed by atoms with van der Waals surface area (Å²) in [7, 11) is 0. The molecule has 0 radical (unpaired) electrons. The lowest BCUT2D eigenvalue weighted by molar-refractivity contribution is -0.137. The van der Waals surface area contributed by atoms with Crippen molar-refractivity contribution in [2.75, 3.05) is 18.0 Å². The highest BCUT2D eigenvalue weighted by atomic mass is 19.4. The Kier molecular flexibility index (Phi) is 10.0. The summed E-state index contributed by atoms with van der Waals surface area (Å²) in [5, 5.41) is 9.38. The van der Waals surface area contributed by atoms with Crippen LogP contribution in [-0.2, 0) is 12.6 Å². The number of benzene rings is 2. The zero-order chi connectivity index (χ0) is 38.6. The number of nitrogens with zero attached hydrogens (tertiary/aromatic N) is 4. The predicted octanol–water partition coefficient (Wildman–Crippen LogP) is 11.1. The van der Waals surface area contributed by atoms with E-state index in [0.29, 0.717) is 60.7 Å². The van der Waals surface area contributed by atoms with Crippen LogP contribution in [0.15, 0.2) is 60.9 Å². The van der Waals surface area contributed by atoms with Crippen LogP contribution >= 0.6 is 0 Å². The average molecular weight is 751 g/mol. The number of carbonyl (C=O) groups is 1. The SMILES string of the molecule is CC1CC(C)(C)Cc2nc(C3CCN(c4ncc(-c5cccc(C(=O)O)c5)cn4)CC3)c([C@@H](F)c3ccc(C(F)(F)F)cc3)c(C3CCC(F)(F)CC3)c21. The van der Waals surface area contributed by atoms with Crippen LogP contribution in [0.2, 0.25) is 0 Å². The second kappa shape index (κ2) is 14.3. The Labute approximate surface area is 311 Å². The number of alkyl halides is 6. The summed E-state index contributed by atoms with van der Waals surface area (Å²) < 4.78 is 87.0. The van der Waals surface area contributed by atoms with Gasteiger partial charge in [-0.3, -0.25) is 4.98 Å². The van der Waals surface area contributed by atoms with Crippen molar-refractivity contribution in [3.05, 3.63) is 106 Å². The van der Waals surface area contributed by atoms with Crippen molar-refractivity contribution in [2.24, 2.45) is 5.41 Å². The van der Waals surface area contributed by atoms with Crippen LogP contribution in [0.3, 0.4) is 0 Å². The number of pyridine rings is 1. The van der Waals surface area contributed by atoms with Crippen molar-refractivity contribution < 1.29 is 36.2 Å². The lowest BCUT2D eigenvalue weighted by Gasteiger charge is -2.41. The monoisotopic (exact) mass is 750 g/mol. The minimum atomic E-state index is -4.58. The van der Waals surface area contributed by atoms with E-state index in [4.69, 9.17) is 4.98 Å². The maximum Gasteiger partial charge on any atom is 0.416 e. The second-order valence-corrected chi connectivity index (χ2v) is 16.2. The molecule has 1 saturated carbocycles. The van der Waals surface area contributed by atoms with Gasteiger partial charge in [0.05, 0.1) is 16.8 Å². The van der Waals surface area contributed by atoms with Crippen LogP contribution < -0.4 is 4.90 Å². The topological polar surface area (TPSA) is 79.2 Å². The molecule has 2 aliphatic carbocycles. The molecule has 6 nitrogen and oxygen atoms in total. The second-order valence-electron chi connectivity index (χ2n) is 16.2. The minimum absolute atomic E-state index is 0.00476. The van der Waals surface area contributed by atoms with Gasteiger partial charge in [0.1, 0.15) is 0 Å². The van der Waals surface area contributed by atoms with Crippen molar-refractivity contribution >= 4 is 11.9 Å². The van der Waals surface area contributed by atoms with E-state index in [1.165, 1.54) is 18.2 Å². The van der Waals surface area contributed by atoms with Gasteiger partial charge < -0.3 is 10.0 Å². The van der Waals surface area contributed by atoms with Gasteiger partial charge in [-0.15, -0.1) is 0 Å². The average Bonchev–Trinajstić information content (AvgIpc) is 3.13. The Bertz CT molecular complexity index is 2000. The molecule has 0 spiro atoms. The molecule has 1 unspecified atom stereocenters. The van der Waals surface area contributed by atoms with Gasteiger partial charge in [0.15, 0.2) is 6.17 Å². The van der Waals surface area contributed by atoms with Crippen LogP contribution in [-0.4, -0.2) is 45.0 Å². The number of anilines is 1. The lowest BCUT2D eigenvalue weighted by atomic mass is 9.66. The molecule has 0 bridgehead atoms. The first-order chi connectivity index (χ1) is 25.5. The first kappa shape index (κ1) is 37.8. The van der Waals surface area contributed by atoms with Crippen molar-refractivity contribution in [1.29, 1.82) is 0 Å². The van der Waals surface area contributed by atoms with Gasteiger partial charge in [0.2, 0.25) is 11.9 Å². The first-order valence-corrected chi connectivity index (χ1v) is 18.7. The van der Waals surface area contributed by atoms with Crippen LogP contribution in [0, 0.1) is 5.41 Å². The maximum atomic E-state index is 17.4. The van der Waals surface area contributed by atoms with Crippen molar-refractivity contribution in [1.82, 2.24) is 15.0 Å². The fraction of sp³-hybridized carbons (Fsp3) is 0.476. The fourth-order valence-corrected chi connectivity index (χ4v) is 9.02. The fourth-order valence-electron chi connectivity index (χ4n) is 9.02. The molecule has 1 aliphatic heterocycles. The third-order valence-corrected chi connectivity index (χ3v) is 11.6. The number of aromatic nitrogens is 3. The third-order valence-electron chi connectivity index (χ3n) is 11.6. The van der Waals surface area contributed by atoms with E-state index in [-0.39, 0.29) is 60.0 Å². The molecule has 2 aromatic carbocycles. The summed E-state index contributed by atoms with van der Waals surface area (Å²) in [6, 6.07) is 10.7. The van der Waals surface area contributed by atoms with E-state index in [1.807, 2.05) is 4.90 Å². The van der Waals surface area contributed by atoms with Crippen LogP contribution in [0.4, 0.5) is 32.3 Å². The highest BCUT2D eigenvalue weighted by Crippen LogP contribution is 2.53. The highest BCUT2D eigenvalue weighted by molar-refractivity contribution is 5.89. The zero-order valence-corrected chi connectivity index (χ0v) is 30.6. The molecule has 286 valence electrons. The van der Waals surface area contributed by atoms with Crippen molar-refractivity contribution in [2.45, 2.75) is 108 Å². The standard InChI is InChI=1S/C42H44F6N4O2/c1-24-20-40(2,3)21-32-33(24)34(25-11-15-41(44,45)16-12-25)35(36(43)26-7-9-31(10-8-26)42(46,47)48)37(51-32)27-13-17-52(18-14-27)39-49-22-30(23-50-39)28-5-4-6-29(19-28)38(53)54/h4-10,19,22-25,27,36H,11-18,20-21H2,1-3H3,(H,53,54)/t24?,36-/m0/s1. The maximum absolute atomic E-state index is 17.4. The largest absolute Gasteiger partial charge is 0.478 e. The summed E-state index contributed by atoms with van der Waals surface area (Å²) in [6.07, 6.45) is -0.672. The van der Waals surface area contributed by atoms with Gasteiger partial charge >= 0.3 is 12.1 Å². The van der Waals surface area contributed by atoms with Crippen molar-refractivity contribution in [3.8, 4) is 11.1 Å². The van der Waals surface area contributed by atoms with E-state index in [1.54, 1.807) is 30.6 Å². The molecule has 2 atom stereocenters. The highest BCUT2D eigenvalue weighted by Gasteiger charge is 2.43. The van der Waals surface area contributed by atoms with Gasteiger partial charge in [0.25, 0.3) is 0 Å². The molecule has 7 rings (SSSR count). The third kappa shape index (κ3) is 7.71. The number of hydrogen-bond donors (Lipinski definition) is 1. The van der Waals surface area contributed by atoms with Crippen LogP contribution in [0.1, 0.15) is 139 Å². The van der Waals surface area contributed by atoms with Crippen LogP contribution in [0.25, 0.3) is 11.1 Å². The Morgan fingerprint density at radius 1 is 0.907 bits per heavy atom. The summed E-state index contributed by atoms with van der Waals surface area (Å²) in [6.45, 7) is 7.50. The van der Waals surface area contributed by atoms with Gasteiger partial charge in [0, 0.05) is 61.1 Å². The Balaban J connectivity index is 1.25. The Hall–Kier alpha value is -4.48. The minimum Gasteiger partial charge on any atom is -0.478 e. The summed E-state index contributed by atoms with van der Waals surface area (Å²) in [5.41, 5.74) is 4.10. The zero-order valence-electron chi connectivity index (χ0n) is 30.6. The van der Waals surface area contributed by atoms with Crippen LogP contribution in [0.5, 0.6) is 0 Å². The number of carboxylic acid groups (broad SMARTS) is 1. The first-order valence-electron chi connectivity index (χ1n) is 18.7. The summed E-state index contributed by atoms with van der Waals surface area (Å²) in [4.78, 5) is 27.9. The molecular weight excluding hydrogens is 706 g/mol. The molecule has 0 amide bonds. The lowest BCUT2D eigenvalue weighted by Crippen LogP contribution is -2.36. The molecule has 2 aromatic heterocycles. The van der Waals surface area contributed by atoms with E-state index in [0.717, 1.165) is 35.4 Å². The van der Waals surface area contributed by atoms with E-state index in [2.05, 4.69) is 30.7 Å². The molecule has 12 heteroatoms. The predicted molar refractivity (Wildman–Crippen MR) is 194 cm³/mol. The molecule has 3 heterocycles.